The molecule has 0 bridgehead atoms. The summed E-state index contributed by atoms with van der Waals surface area (Å²) >= 11 is 12.5. The van der Waals surface area contributed by atoms with Crippen molar-refractivity contribution in [3.63, 3.8) is 0 Å². The molecule has 1 saturated heterocycles. The Hall–Kier alpha value is -2.41. The van der Waals surface area contributed by atoms with Crippen LogP contribution in [0.1, 0.15) is 17.0 Å². The van der Waals surface area contributed by atoms with Crippen molar-refractivity contribution in [1.82, 2.24) is 15.0 Å². The molecule has 0 aliphatic carbocycles. The molecule has 4 rings (SSSR count). The first kappa shape index (κ1) is 19.9. The molecule has 0 spiro atoms. The lowest BCUT2D eigenvalue weighted by Crippen LogP contribution is -2.29. The Bertz CT molecular complexity index is 984. The molecular formula is C21H22Cl2N6. The Morgan fingerprint density at radius 3 is 2.66 bits per heavy atom. The smallest absolute Gasteiger partial charge is 0.134 e. The number of rotatable bonds is 5. The molecule has 6 nitrogen and oxygen atoms in total. The van der Waals surface area contributed by atoms with E-state index in [1.54, 1.807) is 24.8 Å². The average molecular weight is 429 g/mol. The van der Waals surface area contributed by atoms with E-state index in [0.29, 0.717) is 16.6 Å². The van der Waals surface area contributed by atoms with Gasteiger partial charge in [0.15, 0.2) is 0 Å². The standard InChI is InChI=1S/C21H22Cl2N6/c1-28(10-14-4-6-25-7-5-14)20-9-21(27-13-26-20)29-11-17(19(24)12-29)16-3-2-15(22)8-18(16)23/h2-9,13,17,19H,10-12,24H2,1H3. The minimum absolute atomic E-state index is 0.0401. The molecule has 8 heteroatoms. The van der Waals surface area contributed by atoms with Crippen LogP contribution in [0.4, 0.5) is 11.6 Å². The SMILES string of the molecule is CN(Cc1ccncc1)c1cc(N2CC(N)C(c3ccc(Cl)cc3Cl)C2)ncn1. The maximum Gasteiger partial charge on any atom is 0.134 e. The third-order valence-corrected chi connectivity index (χ3v) is 5.81. The number of halogens is 2. The molecule has 29 heavy (non-hydrogen) atoms. The van der Waals surface area contributed by atoms with E-state index in [0.717, 1.165) is 30.3 Å². The van der Waals surface area contributed by atoms with Gasteiger partial charge < -0.3 is 15.5 Å². The van der Waals surface area contributed by atoms with Gasteiger partial charge in [-0.2, -0.15) is 0 Å². The predicted octanol–water partition coefficient (Wildman–Crippen LogP) is 3.75. The summed E-state index contributed by atoms with van der Waals surface area (Å²) in [5.41, 5.74) is 8.65. The van der Waals surface area contributed by atoms with Crippen LogP contribution >= 0.6 is 23.2 Å². The summed E-state index contributed by atoms with van der Waals surface area (Å²) in [5, 5.41) is 1.28. The van der Waals surface area contributed by atoms with Gasteiger partial charge in [-0.1, -0.05) is 29.3 Å². The first-order valence-electron chi connectivity index (χ1n) is 9.39. The summed E-state index contributed by atoms with van der Waals surface area (Å²) in [5.74, 6) is 1.83. The average Bonchev–Trinajstić information content (AvgIpc) is 3.10. The molecule has 1 fully saturated rings. The number of nitrogens with zero attached hydrogens (tertiary/aromatic N) is 5. The Morgan fingerprint density at radius 2 is 1.90 bits per heavy atom. The van der Waals surface area contributed by atoms with Gasteiger partial charge in [-0.05, 0) is 35.4 Å². The highest BCUT2D eigenvalue weighted by Gasteiger charge is 2.33. The Morgan fingerprint density at radius 1 is 1.10 bits per heavy atom. The van der Waals surface area contributed by atoms with Crippen molar-refractivity contribution in [3.05, 3.63) is 76.3 Å². The van der Waals surface area contributed by atoms with E-state index in [1.807, 2.05) is 37.4 Å². The second kappa shape index (κ2) is 8.53. The molecule has 2 atom stereocenters. The lowest BCUT2D eigenvalue weighted by Gasteiger charge is -2.22. The highest BCUT2D eigenvalue weighted by Crippen LogP contribution is 2.35. The molecule has 2 aromatic heterocycles. The minimum Gasteiger partial charge on any atom is -0.355 e. The molecular weight excluding hydrogens is 407 g/mol. The first-order valence-corrected chi connectivity index (χ1v) is 10.1. The number of anilines is 2. The number of hydrogen-bond donors (Lipinski definition) is 1. The van der Waals surface area contributed by atoms with Gasteiger partial charge in [0.25, 0.3) is 0 Å². The third kappa shape index (κ3) is 4.45. The molecule has 150 valence electrons. The van der Waals surface area contributed by atoms with E-state index in [4.69, 9.17) is 28.9 Å². The van der Waals surface area contributed by atoms with E-state index in [9.17, 15) is 0 Å². The summed E-state index contributed by atoms with van der Waals surface area (Å²) in [6.07, 6.45) is 5.19. The lowest BCUT2D eigenvalue weighted by molar-refractivity contribution is 0.653. The van der Waals surface area contributed by atoms with Crippen molar-refractivity contribution in [1.29, 1.82) is 0 Å². The molecule has 0 amide bonds. The highest BCUT2D eigenvalue weighted by molar-refractivity contribution is 6.35. The summed E-state index contributed by atoms with van der Waals surface area (Å²) in [4.78, 5) is 17.2. The van der Waals surface area contributed by atoms with Crippen LogP contribution in [0.5, 0.6) is 0 Å². The molecule has 1 aliphatic heterocycles. The van der Waals surface area contributed by atoms with Gasteiger partial charge in [-0.15, -0.1) is 0 Å². The quantitative estimate of drug-likeness (QED) is 0.666. The number of pyridine rings is 1. The zero-order valence-corrected chi connectivity index (χ0v) is 17.6. The maximum atomic E-state index is 6.45. The molecule has 2 N–H and O–H groups in total. The molecule has 0 radical (unpaired) electrons. The molecule has 0 saturated carbocycles. The van der Waals surface area contributed by atoms with Crippen molar-refractivity contribution >= 4 is 34.8 Å². The monoisotopic (exact) mass is 428 g/mol. The summed E-state index contributed by atoms with van der Waals surface area (Å²) in [6.45, 7) is 2.18. The van der Waals surface area contributed by atoms with Gasteiger partial charge in [0.05, 0.1) is 0 Å². The molecule has 1 aromatic carbocycles. The van der Waals surface area contributed by atoms with Crippen LogP contribution in [-0.4, -0.2) is 41.1 Å². The second-order valence-corrected chi connectivity index (χ2v) is 8.13. The fourth-order valence-corrected chi connectivity index (χ4v) is 4.26. The van der Waals surface area contributed by atoms with E-state index >= 15 is 0 Å². The zero-order valence-electron chi connectivity index (χ0n) is 16.0. The van der Waals surface area contributed by atoms with Gasteiger partial charge >= 0.3 is 0 Å². The topological polar surface area (TPSA) is 71.2 Å². The number of nitrogens with two attached hydrogens (primary N) is 1. The van der Waals surface area contributed by atoms with Crippen LogP contribution in [0.2, 0.25) is 10.0 Å². The summed E-state index contributed by atoms with van der Waals surface area (Å²) in [6, 6.07) is 11.5. The van der Waals surface area contributed by atoms with Crippen molar-refractivity contribution in [2.75, 3.05) is 29.9 Å². The van der Waals surface area contributed by atoms with E-state index in [1.165, 1.54) is 5.56 Å². The fraction of sp³-hybridized carbons (Fsp3) is 0.286. The van der Waals surface area contributed by atoms with Gasteiger partial charge in [0.2, 0.25) is 0 Å². The Kier molecular flexibility index (Phi) is 5.85. The van der Waals surface area contributed by atoms with Gasteiger partial charge in [0.1, 0.15) is 18.0 Å². The normalized spacial score (nSPS) is 18.8. The fourth-order valence-electron chi connectivity index (χ4n) is 3.71. The number of benzene rings is 1. The Balaban J connectivity index is 1.51. The van der Waals surface area contributed by atoms with Crippen LogP contribution in [0, 0.1) is 0 Å². The third-order valence-electron chi connectivity index (χ3n) is 5.25. The second-order valence-electron chi connectivity index (χ2n) is 7.29. The summed E-state index contributed by atoms with van der Waals surface area (Å²) in [7, 11) is 2.01. The van der Waals surface area contributed by atoms with Crippen molar-refractivity contribution in [3.8, 4) is 0 Å². The van der Waals surface area contributed by atoms with Crippen LogP contribution < -0.4 is 15.5 Å². The van der Waals surface area contributed by atoms with Crippen LogP contribution in [-0.2, 0) is 6.54 Å². The van der Waals surface area contributed by atoms with Crippen molar-refractivity contribution < 1.29 is 0 Å². The van der Waals surface area contributed by atoms with E-state index in [-0.39, 0.29) is 12.0 Å². The number of hydrogen-bond acceptors (Lipinski definition) is 6. The zero-order chi connectivity index (χ0) is 20.4. The number of aromatic nitrogens is 3. The molecule has 2 unspecified atom stereocenters. The largest absolute Gasteiger partial charge is 0.355 e. The van der Waals surface area contributed by atoms with Crippen LogP contribution in [0.3, 0.4) is 0 Å². The van der Waals surface area contributed by atoms with E-state index < -0.39 is 0 Å². The van der Waals surface area contributed by atoms with Gasteiger partial charge in [0, 0.05) is 67.1 Å². The minimum atomic E-state index is -0.0401. The highest BCUT2D eigenvalue weighted by atomic mass is 35.5. The van der Waals surface area contributed by atoms with Gasteiger partial charge in [-0.3, -0.25) is 4.98 Å². The van der Waals surface area contributed by atoms with Crippen molar-refractivity contribution in [2.45, 2.75) is 18.5 Å². The Labute approximate surface area is 180 Å². The molecule has 3 heterocycles. The predicted molar refractivity (Wildman–Crippen MR) is 118 cm³/mol. The van der Waals surface area contributed by atoms with Gasteiger partial charge in [-0.25, -0.2) is 9.97 Å². The molecule has 3 aromatic rings. The van der Waals surface area contributed by atoms with E-state index in [2.05, 4.69) is 24.8 Å². The summed E-state index contributed by atoms with van der Waals surface area (Å²) < 4.78 is 0. The van der Waals surface area contributed by atoms with Crippen LogP contribution in [0.15, 0.2) is 55.1 Å². The lowest BCUT2D eigenvalue weighted by atomic mass is 9.95. The van der Waals surface area contributed by atoms with Crippen molar-refractivity contribution in [2.24, 2.45) is 5.73 Å². The molecule has 1 aliphatic rings. The van der Waals surface area contributed by atoms with Crippen LogP contribution in [0.25, 0.3) is 0 Å². The maximum absolute atomic E-state index is 6.45. The first-order chi connectivity index (χ1) is 14.0.